The van der Waals surface area contributed by atoms with Crippen LogP contribution >= 0.6 is 0 Å². The minimum atomic E-state index is -0.0763. The summed E-state index contributed by atoms with van der Waals surface area (Å²) in [6.45, 7) is 2.97. The van der Waals surface area contributed by atoms with Crippen molar-refractivity contribution in [3.8, 4) is 11.4 Å². The summed E-state index contributed by atoms with van der Waals surface area (Å²) in [6.07, 6.45) is 11.8. The van der Waals surface area contributed by atoms with E-state index in [0.717, 1.165) is 24.4 Å². The summed E-state index contributed by atoms with van der Waals surface area (Å²) in [7, 11) is 0. The Morgan fingerprint density at radius 3 is 2.38 bits per heavy atom. The van der Waals surface area contributed by atoms with Gasteiger partial charge in [-0.1, -0.05) is 82.2 Å². The Labute approximate surface area is 145 Å². The predicted octanol–water partition coefficient (Wildman–Crippen LogP) is 4.95. The van der Waals surface area contributed by atoms with Gasteiger partial charge in [0.25, 0.3) is 5.91 Å². The molecule has 2 N–H and O–H groups in total. The smallest absolute Gasteiger partial charge is 0.269 e. The summed E-state index contributed by atoms with van der Waals surface area (Å²) < 4.78 is 0. The van der Waals surface area contributed by atoms with E-state index in [-0.39, 0.29) is 5.91 Å². The van der Waals surface area contributed by atoms with E-state index in [0.29, 0.717) is 5.69 Å². The van der Waals surface area contributed by atoms with Gasteiger partial charge in [0.1, 0.15) is 11.5 Å². The van der Waals surface area contributed by atoms with Gasteiger partial charge in [0.2, 0.25) is 0 Å². The molecule has 0 unspecified atom stereocenters. The number of benzene rings is 1. The van der Waals surface area contributed by atoms with Crippen molar-refractivity contribution in [3.63, 3.8) is 0 Å². The lowest BCUT2D eigenvalue weighted by Gasteiger charge is -2.04. The van der Waals surface area contributed by atoms with E-state index in [1.165, 1.54) is 44.9 Å². The molecular weight excluding hydrogens is 298 g/mol. The number of amides is 1. The Morgan fingerprint density at radius 2 is 1.67 bits per heavy atom. The molecule has 0 aliphatic heterocycles. The van der Waals surface area contributed by atoms with E-state index in [2.05, 4.69) is 22.2 Å². The van der Waals surface area contributed by atoms with Crippen LogP contribution in [0.4, 0.5) is 0 Å². The van der Waals surface area contributed by atoms with Crippen molar-refractivity contribution >= 4 is 5.91 Å². The quantitative estimate of drug-likeness (QED) is 0.574. The lowest BCUT2D eigenvalue weighted by Crippen LogP contribution is -2.24. The van der Waals surface area contributed by atoms with Crippen LogP contribution in [0.25, 0.3) is 11.4 Å². The monoisotopic (exact) mass is 327 g/mol. The van der Waals surface area contributed by atoms with Gasteiger partial charge in [0, 0.05) is 12.1 Å². The highest BCUT2D eigenvalue weighted by molar-refractivity contribution is 5.92. The largest absolute Gasteiger partial charge is 0.351 e. The topological polar surface area (TPSA) is 57.8 Å². The number of imidazole rings is 1. The van der Waals surface area contributed by atoms with Crippen LogP contribution in [0.1, 0.15) is 68.8 Å². The Balaban J connectivity index is 1.62. The number of aromatic nitrogens is 2. The number of rotatable bonds is 11. The average Bonchev–Trinajstić information content (AvgIpc) is 3.11. The van der Waals surface area contributed by atoms with Gasteiger partial charge in [-0.3, -0.25) is 4.79 Å². The second-order valence-electron chi connectivity index (χ2n) is 6.24. The molecule has 4 nitrogen and oxygen atoms in total. The van der Waals surface area contributed by atoms with Gasteiger partial charge in [0.05, 0.1) is 6.20 Å². The lowest BCUT2D eigenvalue weighted by molar-refractivity contribution is 0.0948. The zero-order chi connectivity index (χ0) is 17.0. The Bertz CT molecular complexity index is 592. The number of hydrogen-bond donors (Lipinski definition) is 2. The van der Waals surface area contributed by atoms with Crippen molar-refractivity contribution in [1.29, 1.82) is 0 Å². The Hall–Kier alpha value is -2.10. The summed E-state index contributed by atoms with van der Waals surface area (Å²) in [5, 5.41) is 2.96. The lowest BCUT2D eigenvalue weighted by atomic mass is 10.1. The molecule has 0 saturated heterocycles. The highest BCUT2D eigenvalue weighted by Gasteiger charge is 2.09. The highest BCUT2D eigenvalue weighted by atomic mass is 16.1. The molecule has 4 heteroatoms. The van der Waals surface area contributed by atoms with Crippen molar-refractivity contribution in [2.45, 2.75) is 58.3 Å². The fraction of sp³-hybridized carbons (Fsp3) is 0.500. The van der Waals surface area contributed by atoms with Crippen LogP contribution in [0.2, 0.25) is 0 Å². The molecule has 24 heavy (non-hydrogen) atoms. The number of unbranched alkanes of at least 4 members (excludes halogenated alkanes) is 7. The number of carbonyl (C=O) groups is 1. The molecule has 1 heterocycles. The SMILES string of the molecule is CCCCCCCCCCNC(=O)c1cnc(-c2ccccc2)[nH]1. The summed E-state index contributed by atoms with van der Waals surface area (Å²) in [5.41, 5.74) is 1.51. The standard InChI is InChI=1S/C20H29N3O/c1-2-3-4-5-6-7-8-12-15-21-20(24)18-16-22-19(23-18)17-13-10-9-11-14-17/h9-11,13-14,16H,2-8,12,15H2,1H3,(H,21,24)(H,22,23). The molecule has 1 amide bonds. The van der Waals surface area contributed by atoms with Crippen LogP contribution < -0.4 is 5.32 Å². The molecule has 0 radical (unpaired) electrons. The van der Waals surface area contributed by atoms with Gasteiger partial charge in [-0.15, -0.1) is 0 Å². The van der Waals surface area contributed by atoms with Crippen molar-refractivity contribution < 1.29 is 4.79 Å². The second-order valence-corrected chi connectivity index (χ2v) is 6.24. The predicted molar refractivity (Wildman–Crippen MR) is 99.0 cm³/mol. The van der Waals surface area contributed by atoms with Crippen LogP contribution in [0.3, 0.4) is 0 Å². The molecule has 0 aliphatic carbocycles. The van der Waals surface area contributed by atoms with E-state index in [4.69, 9.17) is 0 Å². The summed E-state index contributed by atoms with van der Waals surface area (Å²) in [6, 6.07) is 9.83. The summed E-state index contributed by atoms with van der Waals surface area (Å²) in [4.78, 5) is 19.5. The van der Waals surface area contributed by atoms with Crippen LogP contribution in [0, 0.1) is 0 Å². The van der Waals surface area contributed by atoms with Crippen LogP contribution in [-0.4, -0.2) is 22.4 Å². The molecule has 2 aromatic rings. The van der Waals surface area contributed by atoms with Crippen molar-refractivity contribution in [2.75, 3.05) is 6.54 Å². The zero-order valence-electron chi connectivity index (χ0n) is 14.7. The fourth-order valence-corrected chi connectivity index (χ4v) is 2.74. The van der Waals surface area contributed by atoms with Gasteiger partial charge < -0.3 is 10.3 Å². The molecule has 0 aliphatic rings. The number of hydrogen-bond acceptors (Lipinski definition) is 2. The molecule has 1 aromatic heterocycles. The Morgan fingerprint density at radius 1 is 1.00 bits per heavy atom. The van der Waals surface area contributed by atoms with Crippen LogP contribution in [0.15, 0.2) is 36.5 Å². The molecule has 2 rings (SSSR count). The molecule has 0 fully saturated rings. The molecule has 130 valence electrons. The maximum absolute atomic E-state index is 12.1. The maximum Gasteiger partial charge on any atom is 0.269 e. The number of nitrogens with zero attached hydrogens (tertiary/aromatic N) is 1. The first-order valence-corrected chi connectivity index (χ1v) is 9.20. The fourth-order valence-electron chi connectivity index (χ4n) is 2.74. The zero-order valence-corrected chi connectivity index (χ0v) is 14.7. The minimum absolute atomic E-state index is 0.0763. The van der Waals surface area contributed by atoms with Gasteiger partial charge in [-0.2, -0.15) is 0 Å². The van der Waals surface area contributed by atoms with Crippen molar-refractivity contribution in [1.82, 2.24) is 15.3 Å². The molecule has 0 atom stereocenters. The van der Waals surface area contributed by atoms with Gasteiger partial charge >= 0.3 is 0 Å². The number of carbonyl (C=O) groups excluding carboxylic acids is 1. The van der Waals surface area contributed by atoms with E-state index < -0.39 is 0 Å². The van der Waals surface area contributed by atoms with E-state index in [1.807, 2.05) is 30.3 Å². The first kappa shape index (κ1) is 18.2. The van der Waals surface area contributed by atoms with Gasteiger partial charge in [0.15, 0.2) is 0 Å². The van der Waals surface area contributed by atoms with E-state index in [9.17, 15) is 4.79 Å². The van der Waals surface area contributed by atoms with Crippen molar-refractivity contribution in [2.24, 2.45) is 0 Å². The summed E-state index contributed by atoms with van der Waals surface area (Å²) in [5.74, 6) is 0.653. The highest BCUT2D eigenvalue weighted by Crippen LogP contribution is 2.14. The molecule has 0 spiro atoms. The molecule has 1 aromatic carbocycles. The first-order chi connectivity index (χ1) is 11.8. The minimum Gasteiger partial charge on any atom is -0.351 e. The summed E-state index contributed by atoms with van der Waals surface area (Å²) >= 11 is 0. The molecule has 0 bridgehead atoms. The van der Waals surface area contributed by atoms with Crippen LogP contribution in [0.5, 0.6) is 0 Å². The molecular formula is C20H29N3O. The number of aromatic amines is 1. The third-order valence-electron chi connectivity index (χ3n) is 4.18. The van der Waals surface area contributed by atoms with Gasteiger partial charge in [-0.05, 0) is 6.42 Å². The number of nitrogens with one attached hydrogen (secondary N) is 2. The third kappa shape index (κ3) is 6.19. The van der Waals surface area contributed by atoms with Crippen molar-refractivity contribution in [3.05, 3.63) is 42.2 Å². The average molecular weight is 327 g/mol. The van der Waals surface area contributed by atoms with Gasteiger partial charge in [-0.25, -0.2) is 4.98 Å². The first-order valence-electron chi connectivity index (χ1n) is 9.20. The van der Waals surface area contributed by atoms with E-state index in [1.54, 1.807) is 6.20 Å². The number of H-pyrrole nitrogens is 1. The van der Waals surface area contributed by atoms with Crippen LogP contribution in [-0.2, 0) is 0 Å². The second kappa shape index (κ2) is 10.6. The van der Waals surface area contributed by atoms with E-state index >= 15 is 0 Å². The molecule has 0 saturated carbocycles. The maximum atomic E-state index is 12.1. The Kier molecular flexibility index (Phi) is 8.08. The normalized spacial score (nSPS) is 10.7. The third-order valence-corrected chi connectivity index (χ3v) is 4.18.